The van der Waals surface area contributed by atoms with Gasteiger partial charge in [-0.2, -0.15) is 0 Å². The van der Waals surface area contributed by atoms with Crippen LogP contribution in [0.4, 0.5) is 4.39 Å². The van der Waals surface area contributed by atoms with Crippen molar-refractivity contribution in [2.75, 3.05) is 46.0 Å². The summed E-state index contributed by atoms with van der Waals surface area (Å²) in [5, 5.41) is 3.39. The van der Waals surface area contributed by atoms with Crippen LogP contribution in [0.15, 0.2) is 16.9 Å². The van der Waals surface area contributed by atoms with Crippen LogP contribution in [0, 0.1) is 11.7 Å². The lowest BCUT2D eigenvalue weighted by Gasteiger charge is -2.39. The van der Waals surface area contributed by atoms with Gasteiger partial charge in [0, 0.05) is 31.4 Å². The lowest BCUT2D eigenvalue weighted by molar-refractivity contribution is -0.0408. The van der Waals surface area contributed by atoms with Gasteiger partial charge in [-0.3, -0.25) is 4.79 Å². The van der Waals surface area contributed by atoms with Gasteiger partial charge in [0.1, 0.15) is 29.4 Å². The third kappa shape index (κ3) is 5.76. The van der Waals surface area contributed by atoms with Crippen molar-refractivity contribution < 1.29 is 18.6 Å². The fraction of sp³-hybridized carbons (Fsp3) is 0.680. The van der Waals surface area contributed by atoms with E-state index in [1.807, 2.05) is 0 Å². The molecule has 0 atom stereocenters. The first-order chi connectivity index (χ1) is 16.7. The number of aromatic amines is 1. The summed E-state index contributed by atoms with van der Waals surface area (Å²) >= 11 is 0. The molecule has 8 nitrogen and oxygen atoms in total. The SMILES string of the molecule is O=c1[nH]c(COC2CCOCC2)nc2cc(OCC3CCN(C4CCNCC4)CC3)cc(F)c12. The number of fused-ring (bicyclic) bond motifs is 1. The van der Waals surface area contributed by atoms with E-state index in [4.69, 9.17) is 14.2 Å². The lowest BCUT2D eigenvalue weighted by Crippen LogP contribution is -2.47. The fourth-order valence-corrected chi connectivity index (χ4v) is 5.31. The van der Waals surface area contributed by atoms with Crippen molar-refractivity contribution in [1.29, 1.82) is 0 Å². The van der Waals surface area contributed by atoms with Crippen LogP contribution in [0.1, 0.15) is 44.3 Å². The summed E-state index contributed by atoms with van der Waals surface area (Å²) in [6.45, 7) is 6.50. The Morgan fingerprint density at radius 3 is 2.62 bits per heavy atom. The average molecular weight is 475 g/mol. The summed E-state index contributed by atoms with van der Waals surface area (Å²) in [6, 6.07) is 3.66. The molecule has 5 rings (SSSR count). The Morgan fingerprint density at radius 2 is 1.85 bits per heavy atom. The van der Waals surface area contributed by atoms with E-state index in [1.54, 1.807) is 6.07 Å². The molecule has 0 unspecified atom stereocenters. The van der Waals surface area contributed by atoms with Crippen LogP contribution in [-0.4, -0.2) is 73.0 Å². The summed E-state index contributed by atoms with van der Waals surface area (Å²) in [5.41, 5.74) is -0.199. The Balaban J connectivity index is 1.19. The van der Waals surface area contributed by atoms with Gasteiger partial charge in [-0.1, -0.05) is 0 Å². The summed E-state index contributed by atoms with van der Waals surface area (Å²) in [4.78, 5) is 22.2. The standard InChI is InChI=1S/C25H35FN4O4/c26-21-13-20(33-15-17-3-9-30(10-4-17)18-1-7-27-8-2-18)14-22-24(21)25(31)29-23(28-22)16-34-19-5-11-32-12-6-19/h13-14,17-19,27H,1-12,15-16H2,(H,28,29,31). The minimum Gasteiger partial charge on any atom is -0.493 e. The summed E-state index contributed by atoms with van der Waals surface area (Å²) < 4.78 is 31.9. The highest BCUT2D eigenvalue weighted by atomic mass is 19.1. The van der Waals surface area contributed by atoms with E-state index in [0.717, 1.165) is 51.9 Å². The van der Waals surface area contributed by atoms with Gasteiger partial charge >= 0.3 is 0 Å². The van der Waals surface area contributed by atoms with Crippen LogP contribution >= 0.6 is 0 Å². The van der Waals surface area contributed by atoms with Crippen molar-refractivity contribution in [2.24, 2.45) is 5.92 Å². The molecule has 34 heavy (non-hydrogen) atoms. The molecule has 3 fully saturated rings. The van der Waals surface area contributed by atoms with Crippen LogP contribution in [0.3, 0.4) is 0 Å². The number of nitrogens with zero attached hydrogens (tertiary/aromatic N) is 2. The molecule has 3 saturated heterocycles. The number of nitrogens with one attached hydrogen (secondary N) is 2. The second-order valence-electron chi connectivity index (χ2n) is 9.71. The third-order valence-corrected chi connectivity index (χ3v) is 7.37. The van der Waals surface area contributed by atoms with Gasteiger partial charge in [0.15, 0.2) is 0 Å². The molecule has 0 spiro atoms. The molecule has 0 saturated carbocycles. The van der Waals surface area contributed by atoms with Crippen LogP contribution < -0.4 is 15.6 Å². The molecular weight excluding hydrogens is 439 g/mol. The summed E-state index contributed by atoms with van der Waals surface area (Å²) in [5.74, 6) is 0.650. The number of H-pyrrole nitrogens is 1. The maximum Gasteiger partial charge on any atom is 0.261 e. The molecule has 0 amide bonds. The Bertz CT molecular complexity index is 1010. The number of benzene rings is 1. The maximum absolute atomic E-state index is 14.7. The Hall–Kier alpha value is -2.07. The predicted molar refractivity (Wildman–Crippen MR) is 127 cm³/mol. The van der Waals surface area contributed by atoms with E-state index in [-0.39, 0.29) is 18.1 Å². The Kier molecular flexibility index (Phi) is 7.73. The largest absolute Gasteiger partial charge is 0.493 e. The van der Waals surface area contributed by atoms with Crippen molar-refractivity contribution >= 4 is 10.9 Å². The second-order valence-corrected chi connectivity index (χ2v) is 9.71. The first kappa shape index (κ1) is 23.7. The number of rotatable bonds is 7. The molecule has 3 aliphatic heterocycles. The minimum absolute atomic E-state index is 0.0440. The number of ether oxygens (including phenoxy) is 3. The van der Waals surface area contributed by atoms with Gasteiger partial charge in [-0.05, 0) is 70.6 Å². The Morgan fingerprint density at radius 1 is 1.09 bits per heavy atom. The zero-order valence-corrected chi connectivity index (χ0v) is 19.7. The van der Waals surface area contributed by atoms with Gasteiger partial charge in [0.05, 0.1) is 18.2 Å². The van der Waals surface area contributed by atoms with Crippen LogP contribution in [0.5, 0.6) is 5.75 Å². The highest BCUT2D eigenvalue weighted by Gasteiger charge is 2.26. The summed E-state index contributed by atoms with van der Waals surface area (Å²) in [6.07, 6.45) is 6.36. The van der Waals surface area contributed by atoms with Crippen LogP contribution in [0.25, 0.3) is 10.9 Å². The first-order valence-electron chi connectivity index (χ1n) is 12.6. The minimum atomic E-state index is -0.612. The van der Waals surface area contributed by atoms with E-state index < -0.39 is 11.4 Å². The molecule has 2 aromatic rings. The molecule has 0 bridgehead atoms. The molecule has 4 heterocycles. The summed E-state index contributed by atoms with van der Waals surface area (Å²) in [7, 11) is 0. The van der Waals surface area contributed by atoms with Gasteiger partial charge in [0.2, 0.25) is 0 Å². The molecule has 1 aromatic heterocycles. The first-order valence-corrected chi connectivity index (χ1v) is 12.6. The molecule has 0 radical (unpaired) electrons. The van der Waals surface area contributed by atoms with E-state index in [0.29, 0.717) is 48.9 Å². The zero-order chi connectivity index (χ0) is 23.3. The number of piperidine rings is 2. The predicted octanol–water partition coefficient (Wildman–Crippen LogP) is 2.60. The van der Waals surface area contributed by atoms with E-state index >= 15 is 0 Å². The van der Waals surface area contributed by atoms with Crippen LogP contribution in [-0.2, 0) is 16.1 Å². The van der Waals surface area contributed by atoms with E-state index in [1.165, 1.54) is 18.9 Å². The number of hydrogen-bond donors (Lipinski definition) is 2. The van der Waals surface area contributed by atoms with Gasteiger partial charge < -0.3 is 29.4 Å². The van der Waals surface area contributed by atoms with Gasteiger partial charge in [0.25, 0.3) is 5.56 Å². The molecule has 9 heteroatoms. The smallest absolute Gasteiger partial charge is 0.261 e. The number of aromatic nitrogens is 2. The van der Waals surface area contributed by atoms with Crippen molar-refractivity contribution in [3.05, 3.63) is 34.1 Å². The van der Waals surface area contributed by atoms with E-state index in [9.17, 15) is 9.18 Å². The van der Waals surface area contributed by atoms with Crippen molar-refractivity contribution in [3.8, 4) is 5.75 Å². The quantitative estimate of drug-likeness (QED) is 0.638. The van der Waals surface area contributed by atoms with Crippen LogP contribution in [0.2, 0.25) is 0 Å². The maximum atomic E-state index is 14.7. The fourth-order valence-electron chi connectivity index (χ4n) is 5.31. The van der Waals surface area contributed by atoms with E-state index in [2.05, 4.69) is 20.2 Å². The molecule has 186 valence electrons. The monoisotopic (exact) mass is 474 g/mol. The molecular formula is C25H35FN4O4. The number of hydrogen-bond acceptors (Lipinski definition) is 7. The van der Waals surface area contributed by atoms with Gasteiger partial charge in [-0.15, -0.1) is 0 Å². The molecule has 3 aliphatic rings. The topological polar surface area (TPSA) is 88.7 Å². The highest BCUT2D eigenvalue weighted by Crippen LogP contribution is 2.25. The third-order valence-electron chi connectivity index (χ3n) is 7.37. The van der Waals surface area contributed by atoms with Crippen molar-refractivity contribution in [1.82, 2.24) is 20.2 Å². The second kappa shape index (κ2) is 11.1. The van der Waals surface area contributed by atoms with Crippen molar-refractivity contribution in [3.63, 3.8) is 0 Å². The molecule has 1 aromatic carbocycles. The number of likely N-dealkylation sites (tertiary alicyclic amines) is 1. The lowest BCUT2D eigenvalue weighted by atomic mass is 9.94. The zero-order valence-electron chi connectivity index (χ0n) is 19.7. The van der Waals surface area contributed by atoms with Gasteiger partial charge in [-0.25, -0.2) is 9.37 Å². The number of halogens is 1. The van der Waals surface area contributed by atoms with Crippen molar-refractivity contribution in [2.45, 2.75) is 57.3 Å². The Labute approximate surface area is 199 Å². The normalized spacial score (nSPS) is 21.8. The molecule has 0 aliphatic carbocycles. The average Bonchev–Trinajstić information content (AvgIpc) is 2.87. The highest BCUT2D eigenvalue weighted by molar-refractivity contribution is 5.79. The molecule has 2 N–H and O–H groups in total.